The first kappa shape index (κ1) is 18.5. The van der Waals surface area contributed by atoms with E-state index in [1.54, 1.807) is 12.4 Å². The number of aromatic nitrogens is 2. The summed E-state index contributed by atoms with van der Waals surface area (Å²) < 4.78 is 13.5. The molecule has 5 nitrogen and oxygen atoms in total. The van der Waals surface area contributed by atoms with Crippen molar-refractivity contribution in [1.29, 1.82) is 0 Å². The van der Waals surface area contributed by atoms with Crippen LogP contribution in [-0.4, -0.2) is 45.1 Å². The summed E-state index contributed by atoms with van der Waals surface area (Å²) in [6.07, 6.45) is 6.45. The summed E-state index contributed by atoms with van der Waals surface area (Å²) in [6, 6.07) is 4.13. The van der Waals surface area contributed by atoms with Gasteiger partial charge in [-0.25, -0.2) is 9.18 Å². The van der Waals surface area contributed by atoms with Crippen molar-refractivity contribution in [1.82, 2.24) is 14.9 Å². The van der Waals surface area contributed by atoms with Gasteiger partial charge in [0.2, 0.25) is 0 Å². The van der Waals surface area contributed by atoms with Crippen molar-refractivity contribution in [3.05, 3.63) is 47.7 Å². The lowest BCUT2D eigenvalue weighted by molar-refractivity contribution is 0.0697. The number of nitrogens with zero attached hydrogens (tertiary/aromatic N) is 3. The number of carbonyl (C=O) groups is 1. The largest absolute Gasteiger partial charge is 0.478 e. The molecule has 0 radical (unpaired) electrons. The molecule has 1 aromatic heterocycles. The maximum atomic E-state index is 13.5. The van der Waals surface area contributed by atoms with Gasteiger partial charge in [-0.2, -0.15) is 0 Å². The molecule has 2 heterocycles. The first-order valence-electron chi connectivity index (χ1n) is 9.02. The predicted molar refractivity (Wildman–Crippen MR) is 97.5 cm³/mol. The number of likely N-dealkylation sites (tertiary alicyclic amines) is 1. The predicted octanol–water partition coefficient (Wildman–Crippen LogP) is 3.64. The summed E-state index contributed by atoms with van der Waals surface area (Å²) in [5.41, 5.74) is 1.53. The number of halogens is 1. The van der Waals surface area contributed by atoms with Crippen LogP contribution in [0.3, 0.4) is 0 Å². The zero-order valence-corrected chi connectivity index (χ0v) is 15.2. The quantitative estimate of drug-likeness (QED) is 0.885. The second-order valence-corrected chi connectivity index (χ2v) is 7.19. The van der Waals surface area contributed by atoms with Crippen LogP contribution in [-0.2, 0) is 6.42 Å². The Labute approximate surface area is 152 Å². The summed E-state index contributed by atoms with van der Waals surface area (Å²) in [4.78, 5) is 22.6. The van der Waals surface area contributed by atoms with Gasteiger partial charge in [0.1, 0.15) is 5.82 Å². The van der Waals surface area contributed by atoms with E-state index in [0.29, 0.717) is 17.7 Å². The lowest BCUT2D eigenvalue weighted by Gasteiger charge is -2.35. The van der Waals surface area contributed by atoms with Crippen LogP contribution in [0, 0.1) is 11.7 Å². The van der Waals surface area contributed by atoms with Crippen LogP contribution in [0.15, 0.2) is 30.6 Å². The van der Waals surface area contributed by atoms with Crippen molar-refractivity contribution in [3.8, 4) is 11.3 Å². The molecule has 26 heavy (non-hydrogen) atoms. The fraction of sp³-hybridized carbons (Fsp3) is 0.450. The van der Waals surface area contributed by atoms with Crippen LogP contribution in [0.2, 0.25) is 0 Å². The average Bonchev–Trinajstić information content (AvgIpc) is 2.62. The lowest BCUT2D eigenvalue weighted by atomic mass is 9.92. The third-order valence-electron chi connectivity index (χ3n) is 4.97. The van der Waals surface area contributed by atoms with E-state index in [2.05, 4.69) is 28.7 Å². The molecule has 1 fully saturated rings. The number of hydrogen-bond donors (Lipinski definition) is 1. The molecule has 0 aliphatic carbocycles. The fourth-order valence-corrected chi connectivity index (χ4v) is 3.54. The van der Waals surface area contributed by atoms with Crippen molar-refractivity contribution < 1.29 is 14.3 Å². The van der Waals surface area contributed by atoms with Crippen LogP contribution in [0.4, 0.5) is 4.39 Å². The van der Waals surface area contributed by atoms with Crippen molar-refractivity contribution in [2.45, 2.75) is 39.2 Å². The van der Waals surface area contributed by atoms with E-state index in [-0.39, 0.29) is 11.1 Å². The van der Waals surface area contributed by atoms with Gasteiger partial charge < -0.3 is 10.0 Å². The summed E-state index contributed by atoms with van der Waals surface area (Å²) >= 11 is 0. The van der Waals surface area contributed by atoms with Crippen LogP contribution < -0.4 is 0 Å². The highest BCUT2D eigenvalue weighted by atomic mass is 19.1. The van der Waals surface area contributed by atoms with Gasteiger partial charge in [-0.05, 0) is 63.8 Å². The van der Waals surface area contributed by atoms with E-state index in [1.807, 2.05) is 0 Å². The van der Waals surface area contributed by atoms with Gasteiger partial charge in [0.25, 0.3) is 0 Å². The lowest BCUT2D eigenvalue weighted by Crippen LogP contribution is -2.40. The summed E-state index contributed by atoms with van der Waals surface area (Å²) in [5, 5.41) is 9.28. The number of piperidine rings is 1. The molecule has 138 valence electrons. The molecular formula is C20H24FN3O2. The van der Waals surface area contributed by atoms with Crippen molar-refractivity contribution >= 4 is 5.97 Å². The Balaban J connectivity index is 1.75. The molecule has 0 bridgehead atoms. The minimum absolute atomic E-state index is 0.0216. The van der Waals surface area contributed by atoms with Gasteiger partial charge in [0.15, 0.2) is 0 Å². The summed E-state index contributed by atoms with van der Waals surface area (Å²) in [7, 11) is 0. The van der Waals surface area contributed by atoms with Gasteiger partial charge in [-0.3, -0.25) is 9.97 Å². The minimum atomic E-state index is -1.11. The highest BCUT2D eigenvalue weighted by Crippen LogP contribution is 2.24. The molecule has 2 aromatic rings. The Kier molecular flexibility index (Phi) is 5.61. The molecule has 1 aliphatic heterocycles. The van der Waals surface area contributed by atoms with Gasteiger partial charge in [0.05, 0.1) is 23.1 Å². The van der Waals surface area contributed by atoms with Crippen molar-refractivity contribution in [3.63, 3.8) is 0 Å². The van der Waals surface area contributed by atoms with E-state index in [4.69, 9.17) is 0 Å². The number of carboxylic acid groups (broad SMARTS) is 1. The van der Waals surface area contributed by atoms with E-state index in [9.17, 15) is 14.3 Å². The third-order valence-corrected chi connectivity index (χ3v) is 4.97. The Bertz CT molecular complexity index is 777. The molecule has 0 saturated carbocycles. The Morgan fingerprint density at radius 2 is 2.15 bits per heavy atom. The molecule has 0 spiro atoms. The fourth-order valence-electron chi connectivity index (χ4n) is 3.54. The number of aromatic carboxylic acids is 1. The van der Waals surface area contributed by atoms with Crippen molar-refractivity contribution in [2.24, 2.45) is 5.92 Å². The molecule has 3 rings (SSSR count). The maximum Gasteiger partial charge on any atom is 0.336 e. The normalized spacial score (nSPS) is 18.2. The Morgan fingerprint density at radius 1 is 1.35 bits per heavy atom. The van der Waals surface area contributed by atoms with Crippen LogP contribution in [0.1, 0.15) is 42.7 Å². The van der Waals surface area contributed by atoms with Gasteiger partial charge in [-0.1, -0.05) is 0 Å². The van der Waals surface area contributed by atoms with E-state index < -0.39 is 11.8 Å². The molecule has 1 saturated heterocycles. The van der Waals surface area contributed by atoms with E-state index >= 15 is 0 Å². The smallest absolute Gasteiger partial charge is 0.336 e. The number of carboxylic acids is 1. The molecular weight excluding hydrogens is 333 g/mol. The molecule has 1 aliphatic rings. The molecule has 6 heteroatoms. The molecule has 1 aromatic carbocycles. The second-order valence-electron chi connectivity index (χ2n) is 7.19. The zero-order chi connectivity index (χ0) is 18.7. The van der Waals surface area contributed by atoms with Crippen LogP contribution >= 0.6 is 0 Å². The standard InChI is InChI=1S/C20H24FN3O2/c1-13(2)24-7-3-4-14(12-24)8-16-10-23-19(11-22-16)18-9-15(21)5-6-17(18)20(25)26/h5-6,9-11,13-14H,3-4,7-8,12H2,1-2H3,(H,25,26). The first-order chi connectivity index (χ1) is 12.4. The number of benzene rings is 1. The van der Waals surface area contributed by atoms with Gasteiger partial charge in [0, 0.05) is 24.3 Å². The third kappa shape index (κ3) is 4.25. The number of hydrogen-bond acceptors (Lipinski definition) is 4. The SMILES string of the molecule is CC(C)N1CCCC(Cc2cnc(-c3cc(F)ccc3C(=O)O)cn2)C1. The number of rotatable bonds is 5. The zero-order valence-electron chi connectivity index (χ0n) is 15.2. The topological polar surface area (TPSA) is 66.3 Å². The van der Waals surface area contributed by atoms with Gasteiger partial charge in [-0.15, -0.1) is 0 Å². The van der Waals surface area contributed by atoms with Crippen LogP contribution in [0.25, 0.3) is 11.3 Å². The van der Waals surface area contributed by atoms with E-state index in [1.165, 1.54) is 25.0 Å². The summed E-state index contributed by atoms with van der Waals surface area (Å²) in [5.74, 6) is -1.05. The highest BCUT2D eigenvalue weighted by Gasteiger charge is 2.22. The average molecular weight is 357 g/mol. The molecule has 1 unspecified atom stereocenters. The molecule has 1 N–H and O–H groups in total. The molecule has 0 amide bonds. The Hall–Kier alpha value is -2.34. The van der Waals surface area contributed by atoms with Crippen molar-refractivity contribution in [2.75, 3.05) is 13.1 Å². The first-order valence-corrected chi connectivity index (χ1v) is 9.02. The van der Waals surface area contributed by atoms with E-state index in [0.717, 1.165) is 31.3 Å². The monoisotopic (exact) mass is 357 g/mol. The maximum absolute atomic E-state index is 13.5. The van der Waals surface area contributed by atoms with Crippen LogP contribution in [0.5, 0.6) is 0 Å². The Morgan fingerprint density at radius 3 is 2.81 bits per heavy atom. The summed E-state index contributed by atoms with van der Waals surface area (Å²) in [6.45, 7) is 6.65. The molecule has 1 atom stereocenters. The second kappa shape index (κ2) is 7.91. The highest BCUT2D eigenvalue weighted by molar-refractivity contribution is 5.95. The minimum Gasteiger partial charge on any atom is -0.478 e. The van der Waals surface area contributed by atoms with Gasteiger partial charge >= 0.3 is 5.97 Å².